The van der Waals surface area contributed by atoms with Gasteiger partial charge in [0.25, 0.3) is 5.91 Å². The summed E-state index contributed by atoms with van der Waals surface area (Å²) in [5, 5.41) is 39.7. The van der Waals surface area contributed by atoms with Crippen LogP contribution in [0.4, 0.5) is 14.9 Å². The van der Waals surface area contributed by atoms with Crippen molar-refractivity contribution in [3.8, 4) is 0 Å². The molecule has 0 aromatic heterocycles. The van der Waals surface area contributed by atoms with Crippen molar-refractivity contribution in [2.45, 2.75) is 95.2 Å². The average Bonchev–Trinajstić information content (AvgIpc) is 2.91. The zero-order valence-corrected chi connectivity index (χ0v) is 24.6. The number of aliphatic hydroxyl groups is 3. The molecular weight excluding hydrogens is 543 g/mol. The van der Waals surface area contributed by atoms with Crippen molar-refractivity contribution in [3.63, 3.8) is 0 Å². The van der Waals surface area contributed by atoms with Crippen molar-refractivity contribution < 1.29 is 34.1 Å². The average molecular weight is 589 g/mol. The van der Waals surface area contributed by atoms with Crippen LogP contribution >= 0.6 is 0 Å². The third kappa shape index (κ3) is 6.28. The van der Waals surface area contributed by atoms with Crippen molar-refractivity contribution >= 4 is 23.5 Å². The van der Waals surface area contributed by atoms with E-state index >= 15 is 4.39 Å². The van der Waals surface area contributed by atoms with Crippen LogP contribution in [0.1, 0.15) is 88.4 Å². The summed E-state index contributed by atoms with van der Waals surface area (Å²) >= 11 is 0. The van der Waals surface area contributed by atoms with E-state index < -0.39 is 43.1 Å². The smallest absolute Gasteiger partial charge is 0.319 e. The third-order valence-corrected chi connectivity index (χ3v) is 10.2. The molecule has 10 nitrogen and oxygen atoms in total. The highest BCUT2D eigenvalue weighted by atomic mass is 19.1. The Bertz CT molecular complexity index is 1190. The van der Waals surface area contributed by atoms with Crippen LogP contribution in [-0.2, 0) is 4.79 Å². The molecule has 2 unspecified atom stereocenters. The maximum absolute atomic E-state index is 15.0. The Morgan fingerprint density at radius 3 is 2.10 bits per heavy atom. The molecule has 6 rings (SSSR count). The molecule has 5 saturated carbocycles. The van der Waals surface area contributed by atoms with Gasteiger partial charge in [0.1, 0.15) is 11.4 Å². The zero-order valence-electron chi connectivity index (χ0n) is 24.6. The summed E-state index contributed by atoms with van der Waals surface area (Å²) in [6.45, 7) is 2.89. The van der Waals surface area contributed by atoms with Gasteiger partial charge >= 0.3 is 6.03 Å². The fraction of sp³-hybridized carbons (Fsp3) is 0.710. The maximum atomic E-state index is 15.0. The van der Waals surface area contributed by atoms with E-state index in [1.165, 1.54) is 31.4 Å². The highest BCUT2D eigenvalue weighted by molar-refractivity contribution is 5.96. The first-order valence-corrected chi connectivity index (χ1v) is 15.2. The molecule has 5 aliphatic rings. The van der Waals surface area contributed by atoms with Gasteiger partial charge in [0.15, 0.2) is 0 Å². The number of anilines is 1. The lowest BCUT2D eigenvalue weighted by atomic mass is 9.43. The lowest BCUT2D eigenvalue weighted by Gasteiger charge is -2.65. The monoisotopic (exact) mass is 588 g/mol. The van der Waals surface area contributed by atoms with Crippen LogP contribution in [0.15, 0.2) is 18.2 Å². The molecule has 232 valence electrons. The number of hydrogen-bond donors (Lipinski definition) is 7. The summed E-state index contributed by atoms with van der Waals surface area (Å²) in [5.74, 6) is -1.25. The topological polar surface area (TPSA) is 160 Å². The number of hydrogen-bond acceptors (Lipinski definition) is 6. The minimum atomic E-state index is -1.47. The number of halogens is 1. The maximum Gasteiger partial charge on any atom is 0.319 e. The Morgan fingerprint density at radius 1 is 0.929 bits per heavy atom. The Hall–Kier alpha value is -2.76. The first-order valence-electron chi connectivity index (χ1n) is 15.2. The number of amides is 4. The summed E-state index contributed by atoms with van der Waals surface area (Å²) in [6.07, 6.45) is 8.47. The Balaban J connectivity index is 1.12. The first kappa shape index (κ1) is 30.7. The van der Waals surface area contributed by atoms with Gasteiger partial charge in [0.05, 0.1) is 25.5 Å². The van der Waals surface area contributed by atoms with Crippen LogP contribution in [0.25, 0.3) is 0 Å². The second kappa shape index (κ2) is 11.4. The molecule has 0 heterocycles. The molecule has 4 atom stereocenters. The SMILES string of the molecule is C[C@]12CC3CC(NC(=O)Nc4ccc(C(=O)NC5CCC(C(=O)NC(CO)(CO)CO)CC5)cc4F)(C1)C[C@@](C)(C3)C2. The normalized spacial score (nSPS) is 33.6. The number of rotatable bonds is 9. The van der Waals surface area contributed by atoms with Crippen molar-refractivity contribution in [3.05, 3.63) is 29.6 Å². The van der Waals surface area contributed by atoms with Crippen molar-refractivity contribution in [1.82, 2.24) is 16.0 Å². The molecule has 5 fully saturated rings. The summed E-state index contributed by atoms with van der Waals surface area (Å²) in [6, 6.07) is 3.39. The zero-order chi connectivity index (χ0) is 30.3. The fourth-order valence-electron chi connectivity index (χ4n) is 9.14. The Labute approximate surface area is 246 Å². The Morgan fingerprint density at radius 2 is 1.55 bits per heavy atom. The molecule has 0 spiro atoms. The summed E-state index contributed by atoms with van der Waals surface area (Å²) < 4.78 is 15.0. The van der Waals surface area contributed by atoms with Crippen LogP contribution in [0.3, 0.4) is 0 Å². The van der Waals surface area contributed by atoms with E-state index in [2.05, 4.69) is 35.1 Å². The molecule has 4 amide bonds. The van der Waals surface area contributed by atoms with Crippen LogP contribution in [0, 0.1) is 28.5 Å². The van der Waals surface area contributed by atoms with E-state index in [1.54, 1.807) is 0 Å². The number of urea groups is 1. The quantitative estimate of drug-likeness (QED) is 0.235. The lowest BCUT2D eigenvalue weighted by Crippen LogP contribution is -2.65. The molecule has 11 heteroatoms. The first-order chi connectivity index (χ1) is 19.8. The van der Waals surface area contributed by atoms with Crippen molar-refractivity contribution in [1.29, 1.82) is 0 Å². The molecule has 4 bridgehead atoms. The van der Waals surface area contributed by atoms with Crippen molar-refractivity contribution in [2.24, 2.45) is 22.7 Å². The summed E-state index contributed by atoms with van der Waals surface area (Å²) in [4.78, 5) is 38.4. The second-order valence-corrected chi connectivity index (χ2v) is 14.5. The minimum Gasteiger partial charge on any atom is -0.394 e. The minimum absolute atomic E-state index is 0.0161. The highest BCUT2D eigenvalue weighted by Crippen LogP contribution is 2.66. The van der Waals surface area contributed by atoms with Crippen LogP contribution in [-0.4, -0.2) is 70.1 Å². The van der Waals surface area contributed by atoms with Gasteiger partial charge in [-0.15, -0.1) is 0 Å². The van der Waals surface area contributed by atoms with Crippen LogP contribution in [0.5, 0.6) is 0 Å². The van der Waals surface area contributed by atoms with E-state index in [0.29, 0.717) is 31.6 Å². The predicted molar refractivity (Wildman–Crippen MR) is 154 cm³/mol. The Kier molecular flexibility index (Phi) is 8.32. The fourth-order valence-corrected chi connectivity index (χ4v) is 9.14. The number of benzene rings is 1. The third-order valence-electron chi connectivity index (χ3n) is 10.2. The molecule has 0 saturated heterocycles. The van der Waals surface area contributed by atoms with Gasteiger partial charge in [0, 0.05) is 23.1 Å². The standard InChI is InChI=1S/C31H45FN4O6/c1-28-10-19-11-29(2,13-28)15-30(12-19,14-28)36-27(42)34-24-8-5-21(9-23(24)32)25(40)33-22-6-3-20(4-7-22)26(41)35-31(16-37,17-38)18-39/h5,8-9,19-20,22,37-39H,3-4,6-7,10-18H2,1-2H3,(H,33,40)(H,35,41)(H2,34,36,42)/t19?,20?,22?,28-,29+,30?. The van der Waals surface area contributed by atoms with Gasteiger partial charge < -0.3 is 36.6 Å². The van der Waals surface area contributed by atoms with E-state index in [4.69, 9.17) is 0 Å². The largest absolute Gasteiger partial charge is 0.394 e. The number of aliphatic hydroxyl groups excluding tert-OH is 3. The summed E-state index contributed by atoms with van der Waals surface area (Å²) in [5.41, 5.74) is -1.11. The van der Waals surface area contributed by atoms with E-state index in [9.17, 15) is 29.7 Å². The van der Waals surface area contributed by atoms with Gasteiger partial charge in [-0.25, -0.2) is 9.18 Å². The van der Waals surface area contributed by atoms with Crippen LogP contribution < -0.4 is 21.3 Å². The molecule has 0 radical (unpaired) electrons. The molecular formula is C31H45FN4O6. The molecule has 5 aliphatic carbocycles. The van der Waals surface area contributed by atoms with E-state index in [1.807, 2.05) is 0 Å². The molecule has 42 heavy (non-hydrogen) atoms. The van der Waals surface area contributed by atoms with Gasteiger partial charge in [-0.1, -0.05) is 13.8 Å². The van der Waals surface area contributed by atoms with Gasteiger partial charge in [0.2, 0.25) is 5.91 Å². The number of carbonyl (C=O) groups is 3. The van der Waals surface area contributed by atoms with E-state index in [-0.39, 0.29) is 45.5 Å². The van der Waals surface area contributed by atoms with Gasteiger partial charge in [-0.05, 0) is 99.2 Å². The van der Waals surface area contributed by atoms with Crippen molar-refractivity contribution in [2.75, 3.05) is 25.1 Å². The van der Waals surface area contributed by atoms with Gasteiger partial charge in [-0.3, -0.25) is 9.59 Å². The van der Waals surface area contributed by atoms with Gasteiger partial charge in [-0.2, -0.15) is 0 Å². The molecule has 0 aliphatic heterocycles. The highest BCUT2D eigenvalue weighted by Gasteiger charge is 2.60. The number of nitrogens with one attached hydrogen (secondary N) is 4. The second-order valence-electron chi connectivity index (χ2n) is 14.5. The predicted octanol–water partition coefficient (Wildman–Crippen LogP) is 2.82. The summed E-state index contributed by atoms with van der Waals surface area (Å²) in [7, 11) is 0. The molecule has 1 aromatic carbocycles. The number of carbonyl (C=O) groups excluding carboxylic acids is 3. The van der Waals surface area contributed by atoms with E-state index in [0.717, 1.165) is 25.3 Å². The lowest BCUT2D eigenvalue weighted by molar-refractivity contribution is -0.130. The molecule has 7 N–H and O–H groups in total. The molecule has 1 aromatic rings. The van der Waals surface area contributed by atoms with Crippen LogP contribution in [0.2, 0.25) is 0 Å².